The van der Waals surface area contributed by atoms with Crippen molar-refractivity contribution < 1.29 is 14.3 Å². The third-order valence-electron chi connectivity index (χ3n) is 4.95. The smallest absolute Gasteiger partial charge is 0.228 e. The zero-order valence-corrected chi connectivity index (χ0v) is 13.8. The second kappa shape index (κ2) is 6.60. The number of hydrogen-bond donors (Lipinski definition) is 0. The van der Waals surface area contributed by atoms with Gasteiger partial charge in [-0.3, -0.25) is 9.59 Å². The van der Waals surface area contributed by atoms with E-state index in [2.05, 4.69) is 6.92 Å². The van der Waals surface area contributed by atoms with Crippen LogP contribution in [0.1, 0.15) is 26.2 Å². The standard InChI is InChI=1S/C18H24N2O3/c1-13-7-9-19(10-8-13)18(22)14-11-17(21)20(12-14)15-3-5-16(23-2)6-4-15/h3-6,13-14H,7-12H2,1-2H3/t14-/m1/s1. The Morgan fingerprint density at radius 1 is 1.17 bits per heavy atom. The first-order valence-electron chi connectivity index (χ1n) is 8.31. The summed E-state index contributed by atoms with van der Waals surface area (Å²) in [7, 11) is 1.62. The molecule has 5 nitrogen and oxygen atoms in total. The quantitative estimate of drug-likeness (QED) is 0.860. The molecule has 0 saturated carbocycles. The van der Waals surface area contributed by atoms with Crippen LogP contribution in [-0.4, -0.2) is 43.5 Å². The minimum Gasteiger partial charge on any atom is -0.497 e. The van der Waals surface area contributed by atoms with Crippen LogP contribution in [0.25, 0.3) is 0 Å². The van der Waals surface area contributed by atoms with E-state index in [1.807, 2.05) is 29.2 Å². The number of rotatable bonds is 3. The lowest BCUT2D eigenvalue weighted by atomic mass is 9.97. The van der Waals surface area contributed by atoms with E-state index in [9.17, 15) is 9.59 Å². The number of likely N-dealkylation sites (tertiary alicyclic amines) is 1. The minimum absolute atomic E-state index is 0.0268. The number of nitrogens with zero attached hydrogens (tertiary/aromatic N) is 2. The van der Waals surface area contributed by atoms with Crippen LogP contribution in [0, 0.1) is 11.8 Å². The van der Waals surface area contributed by atoms with Crippen molar-refractivity contribution in [2.75, 3.05) is 31.6 Å². The number of carbonyl (C=O) groups is 2. The second-order valence-corrected chi connectivity index (χ2v) is 6.61. The van der Waals surface area contributed by atoms with E-state index >= 15 is 0 Å². The minimum atomic E-state index is -0.210. The summed E-state index contributed by atoms with van der Waals surface area (Å²) in [5.74, 6) is 1.41. The van der Waals surface area contributed by atoms with E-state index in [0.717, 1.165) is 37.4 Å². The maximum Gasteiger partial charge on any atom is 0.228 e. The molecule has 1 aromatic carbocycles. The Hall–Kier alpha value is -2.04. The van der Waals surface area contributed by atoms with E-state index in [1.54, 1.807) is 12.0 Å². The lowest BCUT2D eigenvalue weighted by molar-refractivity contribution is -0.137. The highest BCUT2D eigenvalue weighted by Gasteiger charge is 2.37. The van der Waals surface area contributed by atoms with Gasteiger partial charge in [0.25, 0.3) is 0 Å². The normalized spacial score (nSPS) is 22.5. The molecule has 3 rings (SSSR count). The molecule has 2 heterocycles. The van der Waals surface area contributed by atoms with E-state index in [0.29, 0.717) is 18.9 Å². The topological polar surface area (TPSA) is 49.9 Å². The predicted molar refractivity (Wildman–Crippen MR) is 88.4 cm³/mol. The summed E-state index contributed by atoms with van der Waals surface area (Å²) in [4.78, 5) is 28.6. The van der Waals surface area contributed by atoms with Gasteiger partial charge in [0.05, 0.1) is 13.0 Å². The van der Waals surface area contributed by atoms with Gasteiger partial charge in [-0.1, -0.05) is 6.92 Å². The second-order valence-electron chi connectivity index (χ2n) is 6.61. The summed E-state index contributed by atoms with van der Waals surface area (Å²) in [5, 5.41) is 0. The summed E-state index contributed by atoms with van der Waals surface area (Å²) in [6.07, 6.45) is 2.44. The Balaban J connectivity index is 1.65. The van der Waals surface area contributed by atoms with Crippen LogP contribution in [0.15, 0.2) is 24.3 Å². The third kappa shape index (κ3) is 3.33. The van der Waals surface area contributed by atoms with Crippen molar-refractivity contribution in [2.45, 2.75) is 26.2 Å². The van der Waals surface area contributed by atoms with Crippen LogP contribution < -0.4 is 9.64 Å². The average molecular weight is 316 g/mol. The molecule has 0 N–H and O–H groups in total. The highest BCUT2D eigenvalue weighted by molar-refractivity contribution is 6.00. The van der Waals surface area contributed by atoms with Gasteiger partial charge in [0, 0.05) is 31.7 Å². The van der Waals surface area contributed by atoms with E-state index in [-0.39, 0.29) is 17.7 Å². The summed E-state index contributed by atoms with van der Waals surface area (Å²) < 4.78 is 5.14. The highest BCUT2D eigenvalue weighted by atomic mass is 16.5. The fourth-order valence-electron chi connectivity index (χ4n) is 3.37. The maximum absolute atomic E-state index is 12.7. The van der Waals surface area contributed by atoms with Crippen molar-refractivity contribution in [3.05, 3.63) is 24.3 Å². The van der Waals surface area contributed by atoms with E-state index < -0.39 is 0 Å². The first-order valence-corrected chi connectivity index (χ1v) is 8.31. The number of amides is 2. The molecule has 23 heavy (non-hydrogen) atoms. The van der Waals surface area contributed by atoms with Gasteiger partial charge in [-0.15, -0.1) is 0 Å². The molecule has 2 aliphatic rings. The molecule has 5 heteroatoms. The molecule has 124 valence electrons. The summed E-state index contributed by atoms with van der Waals surface area (Å²) in [6, 6.07) is 7.41. The zero-order chi connectivity index (χ0) is 16.4. The fourth-order valence-corrected chi connectivity index (χ4v) is 3.37. The Bertz CT molecular complexity index is 576. The zero-order valence-electron chi connectivity index (χ0n) is 13.8. The molecule has 1 atom stereocenters. The number of piperidine rings is 1. The van der Waals surface area contributed by atoms with Gasteiger partial charge in [0.1, 0.15) is 5.75 Å². The summed E-state index contributed by atoms with van der Waals surface area (Å²) in [6.45, 7) is 4.36. The Kier molecular flexibility index (Phi) is 4.55. The van der Waals surface area contributed by atoms with Gasteiger partial charge in [0.15, 0.2) is 0 Å². The average Bonchev–Trinajstić information content (AvgIpc) is 2.97. The summed E-state index contributed by atoms with van der Waals surface area (Å²) in [5.41, 5.74) is 0.832. The molecule has 2 aliphatic heterocycles. The van der Waals surface area contributed by atoms with Crippen molar-refractivity contribution in [2.24, 2.45) is 11.8 Å². The van der Waals surface area contributed by atoms with Crippen LogP contribution in [0.2, 0.25) is 0 Å². The number of anilines is 1. The van der Waals surface area contributed by atoms with E-state index in [4.69, 9.17) is 4.74 Å². The van der Waals surface area contributed by atoms with Crippen LogP contribution in [-0.2, 0) is 9.59 Å². The van der Waals surface area contributed by atoms with Gasteiger partial charge >= 0.3 is 0 Å². The molecule has 0 unspecified atom stereocenters. The van der Waals surface area contributed by atoms with Crippen molar-refractivity contribution >= 4 is 17.5 Å². The molecular weight excluding hydrogens is 292 g/mol. The van der Waals surface area contributed by atoms with Crippen LogP contribution in [0.5, 0.6) is 5.75 Å². The van der Waals surface area contributed by atoms with Gasteiger partial charge < -0.3 is 14.5 Å². The molecule has 1 aromatic rings. The van der Waals surface area contributed by atoms with Gasteiger partial charge in [-0.05, 0) is 43.0 Å². The van der Waals surface area contributed by atoms with Crippen LogP contribution in [0.3, 0.4) is 0 Å². The van der Waals surface area contributed by atoms with Crippen molar-refractivity contribution in [1.29, 1.82) is 0 Å². The molecule has 0 aromatic heterocycles. The molecule has 2 saturated heterocycles. The van der Waals surface area contributed by atoms with Crippen molar-refractivity contribution in [3.63, 3.8) is 0 Å². The van der Waals surface area contributed by atoms with Crippen molar-refractivity contribution in [3.8, 4) is 5.75 Å². The SMILES string of the molecule is COc1ccc(N2C[C@H](C(=O)N3CCC(C)CC3)CC2=O)cc1. The van der Waals surface area contributed by atoms with Gasteiger partial charge in [0.2, 0.25) is 11.8 Å². The first kappa shape index (κ1) is 15.8. The molecular formula is C18H24N2O3. The van der Waals surface area contributed by atoms with Crippen molar-refractivity contribution in [1.82, 2.24) is 4.90 Å². The highest BCUT2D eigenvalue weighted by Crippen LogP contribution is 2.29. The number of carbonyl (C=O) groups excluding carboxylic acids is 2. The van der Waals surface area contributed by atoms with Crippen LogP contribution >= 0.6 is 0 Å². The monoisotopic (exact) mass is 316 g/mol. The first-order chi connectivity index (χ1) is 11.1. The number of ether oxygens (including phenoxy) is 1. The van der Waals surface area contributed by atoms with Gasteiger partial charge in [-0.25, -0.2) is 0 Å². The van der Waals surface area contributed by atoms with E-state index in [1.165, 1.54) is 0 Å². The molecule has 2 amide bonds. The largest absolute Gasteiger partial charge is 0.497 e. The molecule has 2 fully saturated rings. The Morgan fingerprint density at radius 2 is 1.83 bits per heavy atom. The predicted octanol–water partition coefficient (Wildman–Crippen LogP) is 2.31. The molecule has 0 radical (unpaired) electrons. The van der Waals surface area contributed by atoms with Gasteiger partial charge in [-0.2, -0.15) is 0 Å². The number of methoxy groups -OCH3 is 1. The molecule has 0 bridgehead atoms. The number of benzene rings is 1. The lowest BCUT2D eigenvalue weighted by Crippen LogP contribution is -2.42. The maximum atomic E-state index is 12.7. The lowest BCUT2D eigenvalue weighted by Gasteiger charge is -2.32. The third-order valence-corrected chi connectivity index (χ3v) is 4.95. The van der Waals surface area contributed by atoms with Crippen LogP contribution in [0.4, 0.5) is 5.69 Å². The summed E-state index contributed by atoms with van der Waals surface area (Å²) >= 11 is 0. The molecule has 0 spiro atoms. The Labute approximate surface area is 137 Å². The Morgan fingerprint density at radius 3 is 2.43 bits per heavy atom. The number of hydrogen-bond acceptors (Lipinski definition) is 3. The molecule has 0 aliphatic carbocycles. The fraction of sp³-hybridized carbons (Fsp3) is 0.556.